The molecule has 4 rings (SSSR count). The summed E-state index contributed by atoms with van der Waals surface area (Å²) in [5.41, 5.74) is 7.71. The Morgan fingerprint density at radius 2 is 1.90 bits per heavy atom. The normalized spacial score (nSPS) is 11.1. The Bertz CT molecular complexity index is 1230. The van der Waals surface area contributed by atoms with Crippen molar-refractivity contribution in [3.8, 4) is 22.5 Å². The standard InChI is InChI=1S/C22H24N6O2/c1-6-28-15(5)17(11-23-28)19-10-20(30-27-19)22(29)24-21-13(3)7-12(2)8-16(21)18-9-14(4)25-26-18/h7-11H,6H2,1-5H3,(H,24,29)(H,25,26). The lowest BCUT2D eigenvalue weighted by molar-refractivity contribution is 0.0988. The Balaban J connectivity index is 1.65. The van der Waals surface area contributed by atoms with Crippen LogP contribution in [0, 0.1) is 27.7 Å². The summed E-state index contributed by atoms with van der Waals surface area (Å²) in [6.07, 6.45) is 1.74. The predicted octanol–water partition coefficient (Wildman–Crippen LogP) is 4.43. The van der Waals surface area contributed by atoms with Crippen molar-refractivity contribution in [3.63, 3.8) is 0 Å². The van der Waals surface area contributed by atoms with Crippen molar-refractivity contribution in [2.45, 2.75) is 41.2 Å². The van der Waals surface area contributed by atoms with Gasteiger partial charge in [0.05, 0.1) is 17.6 Å². The molecule has 8 heteroatoms. The number of carbonyl (C=O) groups is 1. The number of anilines is 1. The number of aromatic amines is 1. The average molecular weight is 404 g/mol. The summed E-state index contributed by atoms with van der Waals surface area (Å²) in [4.78, 5) is 12.9. The highest BCUT2D eigenvalue weighted by molar-refractivity contribution is 6.05. The fraction of sp³-hybridized carbons (Fsp3) is 0.273. The maximum atomic E-state index is 12.9. The van der Waals surface area contributed by atoms with Crippen molar-refractivity contribution in [2.24, 2.45) is 0 Å². The molecule has 1 aromatic carbocycles. The van der Waals surface area contributed by atoms with Crippen LogP contribution in [0.2, 0.25) is 0 Å². The molecule has 3 heterocycles. The van der Waals surface area contributed by atoms with Gasteiger partial charge in [0, 0.05) is 35.1 Å². The number of aryl methyl sites for hydroxylation is 4. The first-order chi connectivity index (χ1) is 14.4. The van der Waals surface area contributed by atoms with Gasteiger partial charge < -0.3 is 9.84 Å². The van der Waals surface area contributed by atoms with Gasteiger partial charge in [0.2, 0.25) is 5.76 Å². The van der Waals surface area contributed by atoms with Gasteiger partial charge in [-0.15, -0.1) is 0 Å². The highest BCUT2D eigenvalue weighted by Crippen LogP contribution is 2.32. The van der Waals surface area contributed by atoms with Gasteiger partial charge in [0.15, 0.2) is 0 Å². The molecule has 0 radical (unpaired) electrons. The molecule has 0 saturated heterocycles. The number of hydrogen-bond donors (Lipinski definition) is 2. The van der Waals surface area contributed by atoms with Crippen LogP contribution in [0.5, 0.6) is 0 Å². The molecule has 30 heavy (non-hydrogen) atoms. The SMILES string of the molecule is CCn1ncc(-c2cc(C(=O)Nc3c(C)cc(C)cc3-c3cc(C)[nH]n3)on2)c1C. The number of amides is 1. The molecule has 3 aromatic heterocycles. The average Bonchev–Trinajstić information content (AvgIpc) is 3.43. The molecular formula is C22H24N6O2. The molecule has 0 aliphatic heterocycles. The minimum Gasteiger partial charge on any atom is -0.350 e. The quantitative estimate of drug-likeness (QED) is 0.512. The summed E-state index contributed by atoms with van der Waals surface area (Å²) < 4.78 is 7.22. The zero-order chi connectivity index (χ0) is 21.4. The molecular weight excluding hydrogens is 380 g/mol. The van der Waals surface area contributed by atoms with E-state index in [1.165, 1.54) is 0 Å². The van der Waals surface area contributed by atoms with E-state index in [0.29, 0.717) is 11.4 Å². The van der Waals surface area contributed by atoms with Crippen molar-refractivity contribution in [1.29, 1.82) is 0 Å². The van der Waals surface area contributed by atoms with E-state index in [-0.39, 0.29) is 11.7 Å². The highest BCUT2D eigenvalue weighted by atomic mass is 16.5. The van der Waals surface area contributed by atoms with Gasteiger partial charge in [-0.2, -0.15) is 10.2 Å². The third-order valence-electron chi connectivity index (χ3n) is 5.11. The van der Waals surface area contributed by atoms with Gasteiger partial charge in [0.1, 0.15) is 5.69 Å². The van der Waals surface area contributed by atoms with E-state index in [2.05, 4.69) is 25.8 Å². The van der Waals surface area contributed by atoms with Crippen molar-refractivity contribution in [3.05, 3.63) is 58.7 Å². The van der Waals surface area contributed by atoms with Crippen molar-refractivity contribution in [1.82, 2.24) is 25.1 Å². The topological polar surface area (TPSA) is 102 Å². The Kier molecular flexibility index (Phi) is 4.99. The summed E-state index contributed by atoms with van der Waals surface area (Å²) in [5.74, 6) is -0.229. The first kappa shape index (κ1) is 19.6. The van der Waals surface area contributed by atoms with Gasteiger partial charge in [-0.05, 0) is 52.3 Å². The molecule has 0 fully saturated rings. The largest absolute Gasteiger partial charge is 0.350 e. The van der Waals surface area contributed by atoms with E-state index >= 15 is 0 Å². The third-order valence-corrected chi connectivity index (χ3v) is 5.11. The Labute approximate surface area is 174 Å². The predicted molar refractivity (Wildman–Crippen MR) is 114 cm³/mol. The van der Waals surface area contributed by atoms with E-state index < -0.39 is 0 Å². The number of nitrogens with one attached hydrogen (secondary N) is 2. The lowest BCUT2D eigenvalue weighted by Gasteiger charge is -2.13. The summed E-state index contributed by atoms with van der Waals surface area (Å²) in [6, 6.07) is 7.62. The highest BCUT2D eigenvalue weighted by Gasteiger charge is 2.20. The number of rotatable bonds is 5. The van der Waals surface area contributed by atoms with Crippen LogP contribution in [0.4, 0.5) is 5.69 Å². The second kappa shape index (κ2) is 7.62. The maximum absolute atomic E-state index is 12.9. The fourth-order valence-corrected chi connectivity index (χ4v) is 3.59. The Morgan fingerprint density at radius 1 is 1.10 bits per heavy atom. The molecule has 0 atom stereocenters. The monoisotopic (exact) mass is 404 g/mol. The smallest absolute Gasteiger partial charge is 0.294 e. The van der Waals surface area contributed by atoms with E-state index in [9.17, 15) is 4.79 Å². The molecule has 154 valence electrons. The molecule has 0 aliphatic carbocycles. The second-order valence-electron chi connectivity index (χ2n) is 7.43. The summed E-state index contributed by atoms with van der Waals surface area (Å²) in [7, 11) is 0. The number of nitrogens with zero attached hydrogens (tertiary/aromatic N) is 4. The van der Waals surface area contributed by atoms with Crippen LogP contribution in [0.15, 0.2) is 35.0 Å². The Morgan fingerprint density at radius 3 is 2.57 bits per heavy atom. The first-order valence-corrected chi connectivity index (χ1v) is 9.81. The van der Waals surface area contributed by atoms with Crippen LogP contribution >= 0.6 is 0 Å². The number of benzene rings is 1. The molecule has 4 aromatic rings. The molecule has 0 unspecified atom stereocenters. The molecule has 0 aliphatic rings. The number of H-pyrrole nitrogens is 1. The molecule has 2 N–H and O–H groups in total. The van der Waals surface area contributed by atoms with Gasteiger partial charge in [-0.1, -0.05) is 16.8 Å². The molecule has 1 amide bonds. The summed E-state index contributed by atoms with van der Waals surface area (Å²) in [6.45, 7) is 10.7. The van der Waals surface area contributed by atoms with Crippen molar-refractivity contribution >= 4 is 11.6 Å². The number of aromatic nitrogens is 5. The van der Waals surface area contributed by atoms with Crippen LogP contribution in [0.1, 0.15) is 40.0 Å². The van der Waals surface area contributed by atoms with Gasteiger partial charge in [-0.25, -0.2) is 0 Å². The van der Waals surface area contributed by atoms with Crippen molar-refractivity contribution in [2.75, 3.05) is 5.32 Å². The lowest BCUT2D eigenvalue weighted by Crippen LogP contribution is -2.13. The molecule has 0 bridgehead atoms. The maximum Gasteiger partial charge on any atom is 0.294 e. The zero-order valence-corrected chi connectivity index (χ0v) is 17.7. The van der Waals surface area contributed by atoms with Crippen LogP contribution in [-0.4, -0.2) is 31.0 Å². The van der Waals surface area contributed by atoms with Gasteiger partial charge in [0.25, 0.3) is 5.91 Å². The second-order valence-corrected chi connectivity index (χ2v) is 7.43. The third kappa shape index (κ3) is 3.52. The van der Waals surface area contributed by atoms with Crippen molar-refractivity contribution < 1.29 is 9.32 Å². The van der Waals surface area contributed by atoms with Crippen LogP contribution in [0.3, 0.4) is 0 Å². The number of hydrogen-bond acceptors (Lipinski definition) is 5. The first-order valence-electron chi connectivity index (χ1n) is 9.81. The zero-order valence-electron chi connectivity index (χ0n) is 17.7. The Hall–Kier alpha value is -3.68. The van der Waals surface area contributed by atoms with Gasteiger partial charge >= 0.3 is 0 Å². The van der Waals surface area contributed by atoms with Crippen LogP contribution < -0.4 is 5.32 Å². The summed E-state index contributed by atoms with van der Waals surface area (Å²) >= 11 is 0. The molecule has 0 spiro atoms. The lowest BCUT2D eigenvalue weighted by atomic mass is 10.0. The molecule has 0 saturated carbocycles. The fourth-order valence-electron chi connectivity index (χ4n) is 3.59. The van der Waals surface area contributed by atoms with E-state index in [0.717, 1.165) is 45.9 Å². The summed E-state index contributed by atoms with van der Waals surface area (Å²) in [5, 5.41) is 18.7. The molecule has 8 nitrogen and oxygen atoms in total. The van der Waals surface area contributed by atoms with E-state index in [1.54, 1.807) is 12.3 Å². The minimum atomic E-state index is -0.366. The number of carbonyl (C=O) groups excluding carboxylic acids is 1. The van der Waals surface area contributed by atoms with E-state index in [1.807, 2.05) is 57.5 Å². The van der Waals surface area contributed by atoms with Gasteiger partial charge in [-0.3, -0.25) is 14.6 Å². The minimum absolute atomic E-state index is 0.137. The van der Waals surface area contributed by atoms with E-state index in [4.69, 9.17) is 4.52 Å². The van der Waals surface area contributed by atoms with Crippen LogP contribution in [-0.2, 0) is 6.54 Å². The van der Waals surface area contributed by atoms with Crippen LogP contribution in [0.25, 0.3) is 22.5 Å².